The van der Waals surface area contributed by atoms with Crippen LogP contribution in [-0.2, 0) is 10.2 Å². The number of para-hydroxylation sites is 1. The number of hydrogen-bond acceptors (Lipinski definition) is 5. The number of rotatable bonds is 6. The van der Waals surface area contributed by atoms with Gasteiger partial charge in [0.15, 0.2) is 11.6 Å². The quantitative estimate of drug-likeness (QED) is 0.243. The van der Waals surface area contributed by atoms with Crippen LogP contribution in [-0.4, -0.2) is 34.5 Å². The number of halogens is 1. The van der Waals surface area contributed by atoms with E-state index >= 15 is 0 Å². The Hall–Kier alpha value is -4.68. The zero-order valence-corrected chi connectivity index (χ0v) is 24.4. The Balaban J connectivity index is 1.49. The van der Waals surface area contributed by atoms with Crippen LogP contribution in [0, 0.1) is 5.92 Å². The first kappa shape index (κ1) is 27.2. The Kier molecular flexibility index (Phi) is 6.47. The van der Waals surface area contributed by atoms with Crippen molar-refractivity contribution in [2.24, 2.45) is 5.92 Å². The number of nitrogens with one attached hydrogen (secondary N) is 1. The highest BCUT2D eigenvalue weighted by Crippen LogP contribution is 2.62. The average Bonchev–Trinajstić information content (AvgIpc) is 3.49. The van der Waals surface area contributed by atoms with Gasteiger partial charge in [-0.3, -0.25) is 14.4 Å². The van der Waals surface area contributed by atoms with Crippen molar-refractivity contribution in [3.05, 3.63) is 136 Å². The van der Waals surface area contributed by atoms with Crippen LogP contribution in [0.4, 0.5) is 5.69 Å². The fourth-order valence-corrected chi connectivity index (χ4v) is 7.37. The third kappa shape index (κ3) is 4.04. The summed E-state index contributed by atoms with van der Waals surface area (Å²) in [6.07, 6.45) is 3.79. The number of carbonyl (C=O) groups excluding carboxylic acids is 3. The van der Waals surface area contributed by atoms with Gasteiger partial charge in [0.1, 0.15) is 17.2 Å². The molecule has 1 amide bonds. The lowest BCUT2D eigenvalue weighted by molar-refractivity contribution is -0.122. The zero-order chi connectivity index (χ0) is 29.9. The van der Waals surface area contributed by atoms with E-state index in [1.54, 1.807) is 48.5 Å². The molecule has 0 radical (unpaired) electrons. The predicted molar refractivity (Wildman–Crippen MR) is 166 cm³/mol. The van der Waals surface area contributed by atoms with Gasteiger partial charge in [-0.15, -0.1) is 0 Å². The van der Waals surface area contributed by atoms with Gasteiger partial charge in [0.2, 0.25) is 5.91 Å². The number of anilines is 1. The molecule has 4 atom stereocenters. The molecule has 1 saturated heterocycles. The maximum Gasteiger partial charge on any atom is 0.238 e. The number of fused-ring (bicyclic) bond motifs is 6. The number of Topliss-reactive ketones (excluding diaryl/α,β-unsaturated/α-hetero) is 2. The van der Waals surface area contributed by atoms with Crippen LogP contribution in [0.2, 0.25) is 5.02 Å². The minimum Gasteiger partial charge on any atom is -0.491 e. The van der Waals surface area contributed by atoms with Gasteiger partial charge in [0, 0.05) is 23.0 Å². The summed E-state index contributed by atoms with van der Waals surface area (Å²) < 4.78 is 5.80. The summed E-state index contributed by atoms with van der Waals surface area (Å²) in [7, 11) is 0. The number of ketones is 2. The van der Waals surface area contributed by atoms with Crippen molar-refractivity contribution >= 4 is 40.8 Å². The molecule has 0 bridgehead atoms. The second-order valence-electron chi connectivity index (χ2n) is 11.5. The van der Waals surface area contributed by atoms with E-state index < -0.39 is 23.4 Å². The largest absolute Gasteiger partial charge is 0.491 e. The van der Waals surface area contributed by atoms with Crippen LogP contribution in [0.5, 0.6) is 5.75 Å². The van der Waals surface area contributed by atoms with Crippen molar-refractivity contribution in [1.82, 2.24) is 4.90 Å². The molecule has 7 heteroatoms. The van der Waals surface area contributed by atoms with Gasteiger partial charge < -0.3 is 15.0 Å². The molecule has 0 unspecified atom stereocenters. The second kappa shape index (κ2) is 10.2. The van der Waals surface area contributed by atoms with Gasteiger partial charge in [-0.05, 0) is 79.1 Å². The van der Waals surface area contributed by atoms with Crippen molar-refractivity contribution in [1.29, 1.82) is 0 Å². The normalized spacial score (nSPS) is 23.1. The second-order valence-corrected chi connectivity index (χ2v) is 11.9. The monoisotopic (exact) mass is 588 g/mol. The van der Waals surface area contributed by atoms with E-state index in [1.807, 2.05) is 79.6 Å². The minimum absolute atomic E-state index is 0.0193. The average molecular weight is 589 g/mol. The SMILES string of the molecule is CC(C)Oc1ccc(C(=O)[C@@H]2[C@H](C(=O)c3ccccc3Cl)[C@]3(C(=O)Nc4ccccc43)[C@H]3c4ccccc4C=CN23)cc1. The van der Waals surface area contributed by atoms with Gasteiger partial charge in [-0.25, -0.2) is 0 Å². The van der Waals surface area contributed by atoms with E-state index in [-0.39, 0.29) is 34.2 Å². The van der Waals surface area contributed by atoms with Crippen LogP contribution in [0.15, 0.2) is 103 Å². The van der Waals surface area contributed by atoms with E-state index in [2.05, 4.69) is 5.32 Å². The van der Waals surface area contributed by atoms with E-state index in [0.717, 1.165) is 11.1 Å². The highest BCUT2D eigenvalue weighted by atomic mass is 35.5. The summed E-state index contributed by atoms with van der Waals surface area (Å²) in [6.45, 7) is 3.88. The molecule has 1 spiro atoms. The number of hydrogen-bond donors (Lipinski definition) is 1. The lowest BCUT2D eigenvalue weighted by atomic mass is 9.62. The predicted octanol–water partition coefficient (Wildman–Crippen LogP) is 7.11. The molecule has 1 fully saturated rings. The van der Waals surface area contributed by atoms with Gasteiger partial charge in [0.05, 0.1) is 23.1 Å². The van der Waals surface area contributed by atoms with Crippen molar-refractivity contribution in [2.45, 2.75) is 37.5 Å². The molecular weight excluding hydrogens is 560 g/mol. The maximum absolute atomic E-state index is 14.9. The fraction of sp³-hybridized carbons (Fsp3) is 0.194. The molecule has 0 aromatic heterocycles. The zero-order valence-electron chi connectivity index (χ0n) is 23.7. The molecule has 1 N–H and O–H groups in total. The first-order valence-corrected chi connectivity index (χ1v) is 14.8. The van der Waals surface area contributed by atoms with Crippen molar-refractivity contribution in [3.8, 4) is 5.75 Å². The topological polar surface area (TPSA) is 75.7 Å². The fourth-order valence-electron chi connectivity index (χ4n) is 7.14. The highest BCUT2D eigenvalue weighted by Gasteiger charge is 2.70. The van der Waals surface area contributed by atoms with E-state index in [9.17, 15) is 14.4 Å². The number of benzene rings is 4. The number of carbonyl (C=O) groups is 3. The first-order valence-electron chi connectivity index (χ1n) is 14.4. The molecular formula is C36H29ClN2O4. The van der Waals surface area contributed by atoms with E-state index in [0.29, 0.717) is 22.6 Å². The Labute approximate surface area is 254 Å². The lowest BCUT2D eigenvalue weighted by Gasteiger charge is -2.38. The minimum atomic E-state index is -1.41. The Morgan fingerprint density at radius 3 is 2.35 bits per heavy atom. The number of ether oxygens (including phenoxy) is 1. The molecule has 4 aromatic carbocycles. The van der Waals surface area contributed by atoms with Gasteiger partial charge in [-0.2, -0.15) is 0 Å². The van der Waals surface area contributed by atoms with E-state index in [4.69, 9.17) is 16.3 Å². The van der Waals surface area contributed by atoms with E-state index in [1.165, 1.54) is 0 Å². The molecule has 3 aliphatic heterocycles. The Morgan fingerprint density at radius 2 is 1.58 bits per heavy atom. The summed E-state index contributed by atoms with van der Waals surface area (Å²) in [5, 5.41) is 3.34. The molecule has 43 heavy (non-hydrogen) atoms. The summed E-state index contributed by atoms with van der Waals surface area (Å²) in [5.74, 6) is -1.36. The first-order chi connectivity index (χ1) is 20.8. The summed E-state index contributed by atoms with van der Waals surface area (Å²) in [6, 6.07) is 27.5. The smallest absolute Gasteiger partial charge is 0.238 e. The highest BCUT2D eigenvalue weighted by molar-refractivity contribution is 6.34. The molecule has 3 aliphatic rings. The van der Waals surface area contributed by atoms with Gasteiger partial charge in [-0.1, -0.05) is 66.2 Å². The molecule has 7 rings (SSSR count). The molecule has 6 nitrogen and oxygen atoms in total. The molecule has 4 aromatic rings. The Bertz CT molecular complexity index is 1810. The van der Waals surface area contributed by atoms with Crippen LogP contribution in [0.3, 0.4) is 0 Å². The molecule has 3 heterocycles. The molecule has 0 aliphatic carbocycles. The lowest BCUT2D eigenvalue weighted by Crippen LogP contribution is -2.49. The van der Waals surface area contributed by atoms with Crippen molar-refractivity contribution in [3.63, 3.8) is 0 Å². The van der Waals surface area contributed by atoms with Crippen LogP contribution in [0.1, 0.15) is 57.3 Å². The van der Waals surface area contributed by atoms with Crippen molar-refractivity contribution < 1.29 is 19.1 Å². The van der Waals surface area contributed by atoms with Gasteiger partial charge in [0.25, 0.3) is 0 Å². The third-order valence-corrected chi connectivity index (χ3v) is 9.10. The van der Waals surface area contributed by atoms with Crippen LogP contribution < -0.4 is 10.1 Å². The standard InChI is InChI=1S/C36H29ClN2O4/c1-21(2)43-24-17-15-23(16-18-24)32(40)31-30(33(41)26-11-5-7-13-28(26)37)36(27-12-6-8-14-29(27)38-35(36)42)34-25-10-4-3-9-22(25)19-20-39(31)34/h3-21,30-31,34H,1-2H3,(H,38,42)/t30-,31+,34-,36+/m1/s1. The third-order valence-electron chi connectivity index (χ3n) is 8.77. The maximum atomic E-state index is 14.9. The number of amides is 1. The molecule has 0 saturated carbocycles. The summed E-state index contributed by atoms with van der Waals surface area (Å²) >= 11 is 6.62. The van der Waals surface area contributed by atoms with Crippen LogP contribution >= 0.6 is 11.6 Å². The summed E-state index contributed by atoms with van der Waals surface area (Å²) in [5.41, 5.74) is 2.45. The number of nitrogens with zero attached hydrogens (tertiary/aromatic N) is 1. The van der Waals surface area contributed by atoms with Crippen LogP contribution in [0.25, 0.3) is 6.08 Å². The summed E-state index contributed by atoms with van der Waals surface area (Å²) in [4.78, 5) is 46.0. The van der Waals surface area contributed by atoms with Gasteiger partial charge >= 0.3 is 0 Å². The Morgan fingerprint density at radius 1 is 0.884 bits per heavy atom. The molecule has 214 valence electrons. The van der Waals surface area contributed by atoms with Crippen molar-refractivity contribution in [2.75, 3.05) is 5.32 Å².